The Hall–Kier alpha value is -2.25. The third-order valence-corrected chi connectivity index (χ3v) is 5.82. The van der Waals surface area contributed by atoms with Crippen molar-refractivity contribution in [3.8, 4) is 5.75 Å². The molecule has 3 rings (SSSR count). The molecular formula is C19H21ClN2O4S. The molecule has 1 heterocycles. The van der Waals surface area contributed by atoms with Crippen LogP contribution in [0.1, 0.15) is 18.9 Å². The highest BCUT2D eigenvalue weighted by Gasteiger charge is 2.31. The molecule has 1 aliphatic rings. The number of halogens is 1. The van der Waals surface area contributed by atoms with Crippen molar-refractivity contribution >= 4 is 38.9 Å². The fraction of sp³-hybridized carbons (Fsp3) is 0.316. The van der Waals surface area contributed by atoms with Gasteiger partial charge in [0.25, 0.3) is 5.91 Å². The molecule has 0 radical (unpaired) electrons. The smallest absolute Gasteiger partial charge is 0.265 e. The van der Waals surface area contributed by atoms with Crippen LogP contribution in [-0.4, -0.2) is 33.2 Å². The number of aryl methyl sites for hydroxylation is 1. The van der Waals surface area contributed by atoms with Gasteiger partial charge in [-0.05, 0) is 36.2 Å². The van der Waals surface area contributed by atoms with Crippen molar-refractivity contribution in [3.63, 3.8) is 0 Å². The monoisotopic (exact) mass is 408 g/mol. The zero-order valence-corrected chi connectivity index (χ0v) is 16.7. The Balaban J connectivity index is 1.89. The van der Waals surface area contributed by atoms with E-state index >= 15 is 0 Å². The van der Waals surface area contributed by atoms with Crippen molar-refractivity contribution < 1.29 is 17.9 Å². The fourth-order valence-electron chi connectivity index (χ4n) is 3.05. The molecule has 0 saturated carbocycles. The average Bonchev–Trinajstić information content (AvgIpc) is 2.81. The maximum Gasteiger partial charge on any atom is 0.265 e. The quantitative estimate of drug-likeness (QED) is 0.840. The van der Waals surface area contributed by atoms with Crippen LogP contribution in [0.2, 0.25) is 5.02 Å². The van der Waals surface area contributed by atoms with E-state index < -0.39 is 16.1 Å². The number of amides is 1. The van der Waals surface area contributed by atoms with Crippen LogP contribution in [0.15, 0.2) is 42.5 Å². The maximum absolute atomic E-state index is 12.8. The van der Waals surface area contributed by atoms with Crippen LogP contribution in [0.5, 0.6) is 5.75 Å². The second-order valence-corrected chi connectivity index (χ2v) is 8.69. The molecule has 27 heavy (non-hydrogen) atoms. The molecule has 0 bridgehead atoms. The number of ether oxygens (including phenoxy) is 1. The molecular weight excluding hydrogens is 388 g/mol. The van der Waals surface area contributed by atoms with Crippen LogP contribution in [0.3, 0.4) is 0 Å². The SMILES string of the molecule is CCc1ccccc1NC(=O)C1CCN(S(C)(=O)=O)c2cc(Cl)ccc2O1. The molecule has 0 saturated heterocycles. The van der Waals surface area contributed by atoms with E-state index in [1.165, 1.54) is 10.4 Å². The summed E-state index contributed by atoms with van der Waals surface area (Å²) < 4.78 is 31.5. The van der Waals surface area contributed by atoms with E-state index in [4.69, 9.17) is 16.3 Å². The van der Waals surface area contributed by atoms with Gasteiger partial charge in [0, 0.05) is 23.7 Å². The first-order chi connectivity index (χ1) is 12.8. The Morgan fingerprint density at radius 3 is 2.74 bits per heavy atom. The second kappa shape index (κ2) is 7.78. The summed E-state index contributed by atoms with van der Waals surface area (Å²) in [4.78, 5) is 12.8. The first-order valence-electron chi connectivity index (χ1n) is 8.62. The number of para-hydroxylation sites is 1. The van der Waals surface area contributed by atoms with Crippen LogP contribution in [0, 0.1) is 0 Å². The Morgan fingerprint density at radius 2 is 2.04 bits per heavy atom. The lowest BCUT2D eigenvalue weighted by molar-refractivity contribution is -0.122. The summed E-state index contributed by atoms with van der Waals surface area (Å²) in [6, 6.07) is 12.3. The highest BCUT2D eigenvalue weighted by molar-refractivity contribution is 7.92. The van der Waals surface area contributed by atoms with Crippen molar-refractivity contribution in [2.45, 2.75) is 25.9 Å². The van der Waals surface area contributed by atoms with Gasteiger partial charge in [-0.1, -0.05) is 36.7 Å². The number of hydrogen-bond donors (Lipinski definition) is 1. The summed E-state index contributed by atoms with van der Waals surface area (Å²) in [6.45, 7) is 2.14. The first-order valence-corrected chi connectivity index (χ1v) is 10.8. The van der Waals surface area contributed by atoms with Crippen LogP contribution in [-0.2, 0) is 21.2 Å². The first kappa shape index (κ1) is 19.5. The van der Waals surface area contributed by atoms with Gasteiger partial charge >= 0.3 is 0 Å². The summed E-state index contributed by atoms with van der Waals surface area (Å²) in [5.41, 5.74) is 2.09. The highest BCUT2D eigenvalue weighted by Crippen LogP contribution is 2.36. The van der Waals surface area contributed by atoms with E-state index in [1.54, 1.807) is 12.1 Å². The van der Waals surface area contributed by atoms with Gasteiger partial charge < -0.3 is 10.1 Å². The lowest BCUT2D eigenvalue weighted by atomic mass is 10.1. The summed E-state index contributed by atoms with van der Waals surface area (Å²) in [5, 5.41) is 3.29. The number of rotatable bonds is 4. The number of benzene rings is 2. The van der Waals surface area contributed by atoms with Crippen molar-refractivity contribution in [1.82, 2.24) is 0 Å². The summed E-state index contributed by atoms with van der Waals surface area (Å²) >= 11 is 6.03. The third kappa shape index (κ3) is 4.36. The molecule has 1 N–H and O–H groups in total. The molecule has 0 spiro atoms. The van der Waals surface area contributed by atoms with E-state index in [-0.39, 0.29) is 18.9 Å². The van der Waals surface area contributed by atoms with Gasteiger partial charge in [0.1, 0.15) is 5.75 Å². The lowest BCUT2D eigenvalue weighted by Crippen LogP contribution is -2.36. The summed E-state index contributed by atoms with van der Waals surface area (Å²) in [7, 11) is -3.54. The van der Waals surface area contributed by atoms with Crippen LogP contribution >= 0.6 is 11.6 Å². The average molecular weight is 409 g/mol. The van der Waals surface area contributed by atoms with Crippen molar-refractivity contribution in [1.29, 1.82) is 0 Å². The van der Waals surface area contributed by atoms with E-state index in [2.05, 4.69) is 5.32 Å². The standard InChI is InChI=1S/C19H21ClN2O4S/c1-3-13-6-4-5-7-15(13)21-19(23)18-10-11-22(27(2,24)25)16-12-14(20)8-9-17(16)26-18/h4-9,12,18H,3,10-11H2,1-2H3,(H,21,23). The van der Waals surface area contributed by atoms with Gasteiger partial charge in [-0.15, -0.1) is 0 Å². The van der Waals surface area contributed by atoms with E-state index in [0.717, 1.165) is 23.9 Å². The molecule has 0 fully saturated rings. The van der Waals surface area contributed by atoms with Crippen molar-refractivity contribution in [2.75, 3.05) is 22.4 Å². The lowest BCUT2D eigenvalue weighted by Gasteiger charge is -2.21. The van der Waals surface area contributed by atoms with Gasteiger partial charge in [0.15, 0.2) is 6.10 Å². The minimum absolute atomic E-state index is 0.125. The van der Waals surface area contributed by atoms with E-state index in [1.807, 2.05) is 31.2 Å². The molecule has 8 heteroatoms. The summed E-state index contributed by atoms with van der Waals surface area (Å²) in [5.74, 6) is -0.00148. The zero-order valence-electron chi connectivity index (χ0n) is 15.1. The Bertz CT molecular complexity index is 962. The van der Waals surface area contributed by atoms with Crippen molar-refractivity contribution in [2.24, 2.45) is 0 Å². The molecule has 1 aliphatic heterocycles. The number of nitrogens with zero attached hydrogens (tertiary/aromatic N) is 1. The number of anilines is 2. The number of fused-ring (bicyclic) bond motifs is 1. The third-order valence-electron chi connectivity index (χ3n) is 4.40. The maximum atomic E-state index is 12.8. The second-order valence-electron chi connectivity index (χ2n) is 6.34. The van der Waals surface area contributed by atoms with Gasteiger partial charge in [-0.3, -0.25) is 9.10 Å². The number of nitrogens with one attached hydrogen (secondary N) is 1. The molecule has 0 aliphatic carbocycles. The number of sulfonamides is 1. The Kier molecular flexibility index (Phi) is 5.62. The van der Waals surface area contributed by atoms with Crippen LogP contribution in [0.4, 0.5) is 11.4 Å². The highest BCUT2D eigenvalue weighted by atomic mass is 35.5. The zero-order chi connectivity index (χ0) is 19.6. The van der Waals surface area contributed by atoms with Crippen LogP contribution in [0.25, 0.3) is 0 Å². The summed E-state index contributed by atoms with van der Waals surface area (Å²) in [6.07, 6.45) is 1.31. The predicted molar refractivity (Wildman–Crippen MR) is 107 cm³/mol. The van der Waals surface area contributed by atoms with Gasteiger partial charge in [0.2, 0.25) is 10.0 Å². The number of hydrogen-bond acceptors (Lipinski definition) is 4. The molecule has 2 aromatic rings. The molecule has 0 aromatic heterocycles. The minimum Gasteiger partial charge on any atom is -0.478 e. The normalized spacial score (nSPS) is 16.9. The molecule has 2 aromatic carbocycles. The molecule has 1 unspecified atom stereocenters. The molecule has 1 atom stereocenters. The van der Waals surface area contributed by atoms with E-state index in [9.17, 15) is 13.2 Å². The molecule has 1 amide bonds. The van der Waals surface area contributed by atoms with Crippen LogP contribution < -0.4 is 14.4 Å². The Labute approximate surface area is 164 Å². The van der Waals surface area contributed by atoms with E-state index in [0.29, 0.717) is 16.5 Å². The fourth-order valence-corrected chi connectivity index (χ4v) is 4.15. The largest absolute Gasteiger partial charge is 0.478 e. The number of carbonyl (C=O) groups is 1. The van der Waals surface area contributed by atoms with Gasteiger partial charge in [0.05, 0.1) is 11.9 Å². The minimum atomic E-state index is -3.54. The Morgan fingerprint density at radius 1 is 1.30 bits per heavy atom. The van der Waals surface area contributed by atoms with Gasteiger partial charge in [-0.25, -0.2) is 8.42 Å². The topological polar surface area (TPSA) is 75.7 Å². The molecule has 6 nitrogen and oxygen atoms in total. The van der Waals surface area contributed by atoms with Crippen molar-refractivity contribution in [3.05, 3.63) is 53.1 Å². The predicted octanol–water partition coefficient (Wildman–Crippen LogP) is 3.46. The van der Waals surface area contributed by atoms with Gasteiger partial charge in [-0.2, -0.15) is 0 Å². The number of carbonyl (C=O) groups excluding carboxylic acids is 1. The molecule has 144 valence electrons.